The van der Waals surface area contributed by atoms with E-state index < -0.39 is 0 Å². The van der Waals surface area contributed by atoms with Crippen LogP contribution in [0.2, 0.25) is 0 Å². The molecule has 0 unspecified atom stereocenters. The normalized spacial score (nSPS) is 25.8. The zero-order chi connectivity index (χ0) is 9.03. The van der Waals surface area contributed by atoms with E-state index in [1.807, 2.05) is 0 Å². The lowest BCUT2D eigenvalue weighted by Crippen LogP contribution is -2.44. The molecule has 12 heavy (non-hydrogen) atoms. The highest BCUT2D eigenvalue weighted by atomic mass is 16.6. The molecule has 0 amide bonds. The van der Waals surface area contributed by atoms with Gasteiger partial charge in [0.05, 0.1) is 25.9 Å². The molecule has 1 heterocycles. The topological polar surface area (TPSA) is 30.5 Å². The van der Waals surface area contributed by atoms with Crippen molar-refractivity contribution in [3.8, 4) is 0 Å². The molecule has 0 radical (unpaired) electrons. The maximum absolute atomic E-state index is 5.49. The molecule has 1 atom stereocenters. The first kappa shape index (κ1) is 9.96. The van der Waals surface area contributed by atoms with E-state index in [4.69, 9.17) is 9.47 Å². The Labute approximate surface area is 74.4 Å². The van der Waals surface area contributed by atoms with Crippen molar-refractivity contribution in [2.75, 3.05) is 26.4 Å². The molecule has 1 fully saturated rings. The lowest BCUT2D eigenvalue weighted by molar-refractivity contribution is -0.0878. The Balaban J connectivity index is 2.13. The molecule has 1 aliphatic heterocycles. The average Bonchev–Trinajstić information content (AvgIpc) is 2.02. The summed E-state index contributed by atoms with van der Waals surface area (Å²) in [6, 6.07) is 0. The Morgan fingerprint density at radius 2 is 2.08 bits per heavy atom. The van der Waals surface area contributed by atoms with Gasteiger partial charge in [-0.3, -0.25) is 0 Å². The van der Waals surface area contributed by atoms with Gasteiger partial charge in [-0.05, 0) is 20.8 Å². The summed E-state index contributed by atoms with van der Waals surface area (Å²) < 4.78 is 10.8. The Morgan fingerprint density at radius 3 is 2.58 bits per heavy atom. The molecule has 1 N–H and O–H groups in total. The van der Waals surface area contributed by atoms with Gasteiger partial charge in [0, 0.05) is 12.1 Å². The largest absolute Gasteiger partial charge is 0.376 e. The molecule has 0 aliphatic carbocycles. The van der Waals surface area contributed by atoms with E-state index in [2.05, 4.69) is 26.1 Å². The Kier molecular flexibility index (Phi) is 3.50. The van der Waals surface area contributed by atoms with Crippen LogP contribution < -0.4 is 5.32 Å². The number of hydrogen-bond acceptors (Lipinski definition) is 3. The second-order valence-electron chi connectivity index (χ2n) is 4.20. The third-order valence-electron chi connectivity index (χ3n) is 1.75. The molecule has 0 aromatic rings. The molecule has 0 bridgehead atoms. The van der Waals surface area contributed by atoms with Gasteiger partial charge in [0.2, 0.25) is 0 Å². The number of hydrogen-bond donors (Lipinski definition) is 1. The predicted molar refractivity (Wildman–Crippen MR) is 48.3 cm³/mol. The van der Waals surface area contributed by atoms with Crippen LogP contribution in [-0.4, -0.2) is 38.0 Å². The van der Waals surface area contributed by atoms with Crippen molar-refractivity contribution in [3.63, 3.8) is 0 Å². The summed E-state index contributed by atoms with van der Waals surface area (Å²) in [5.41, 5.74) is 0.167. The van der Waals surface area contributed by atoms with Crippen LogP contribution in [0.3, 0.4) is 0 Å². The Bertz CT molecular complexity index is 125. The summed E-state index contributed by atoms with van der Waals surface area (Å²) in [5, 5.41) is 3.39. The highest BCUT2D eigenvalue weighted by Crippen LogP contribution is 2.03. The van der Waals surface area contributed by atoms with Gasteiger partial charge >= 0.3 is 0 Å². The fraction of sp³-hybridized carbons (Fsp3) is 1.00. The van der Waals surface area contributed by atoms with E-state index in [1.165, 1.54) is 0 Å². The van der Waals surface area contributed by atoms with E-state index in [-0.39, 0.29) is 11.6 Å². The first-order chi connectivity index (χ1) is 5.58. The quantitative estimate of drug-likeness (QED) is 0.669. The summed E-state index contributed by atoms with van der Waals surface area (Å²) >= 11 is 0. The van der Waals surface area contributed by atoms with Crippen LogP contribution in [0.5, 0.6) is 0 Å². The summed E-state index contributed by atoms with van der Waals surface area (Å²) in [5.74, 6) is 0. The minimum atomic E-state index is 0.167. The predicted octanol–water partition coefficient (Wildman–Crippen LogP) is 0.790. The van der Waals surface area contributed by atoms with Crippen molar-refractivity contribution in [1.29, 1.82) is 0 Å². The van der Waals surface area contributed by atoms with Gasteiger partial charge in [-0.2, -0.15) is 0 Å². The first-order valence-corrected chi connectivity index (χ1v) is 4.52. The van der Waals surface area contributed by atoms with Gasteiger partial charge in [-0.25, -0.2) is 0 Å². The average molecular weight is 173 g/mol. The highest BCUT2D eigenvalue weighted by molar-refractivity contribution is 4.74. The third kappa shape index (κ3) is 4.04. The van der Waals surface area contributed by atoms with Crippen molar-refractivity contribution in [2.24, 2.45) is 0 Å². The van der Waals surface area contributed by atoms with E-state index in [0.717, 1.165) is 26.4 Å². The highest BCUT2D eigenvalue weighted by Gasteiger charge is 2.17. The minimum Gasteiger partial charge on any atom is -0.376 e. The molecule has 0 aromatic carbocycles. The molecule has 1 aliphatic rings. The summed E-state index contributed by atoms with van der Waals surface area (Å²) in [7, 11) is 0. The first-order valence-electron chi connectivity index (χ1n) is 4.52. The van der Waals surface area contributed by atoms with Crippen LogP contribution in [0, 0.1) is 0 Å². The van der Waals surface area contributed by atoms with Gasteiger partial charge in [-0.1, -0.05) is 0 Å². The van der Waals surface area contributed by atoms with Crippen LogP contribution in [-0.2, 0) is 9.47 Å². The zero-order valence-corrected chi connectivity index (χ0v) is 8.22. The van der Waals surface area contributed by atoms with Crippen molar-refractivity contribution < 1.29 is 9.47 Å². The lowest BCUT2D eigenvalue weighted by Gasteiger charge is -2.27. The lowest BCUT2D eigenvalue weighted by atomic mass is 10.1. The van der Waals surface area contributed by atoms with Crippen molar-refractivity contribution in [1.82, 2.24) is 5.32 Å². The standard InChI is InChI=1S/C9H19NO2/c1-9(2,3)10-6-8-7-11-4-5-12-8/h8,10H,4-7H2,1-3H3/t8-/m1/s1. The van der Waals surface area contributed by atoms with Gasteiger partial charge in [-0.15, -0.1) is 0 Å². The fourth-order valence-corrected chi connectivity index (χ4v) is 1.07. The van der Waals surface area contributed by atoms with Gasteiger partial charge in [0.1, 0.15) is 0 Å². The van der Waals surface area contributed by atoms with Crippen LogP contribution in [0.1, 0.15) is 20.8 Å². The van der Waals surface area contributed by atoms with Crippen LogP contribution in [0.25, 0.3) is 0 Å². The van der Waals surface area contributed by atoms with E-state index >= 15 is 0 Å². The van der Waals surface area contributed by atoms with Gasteiger partial charge < -0.3 is 14.8 Å². The molecular formula is C9H19NO2. The van der Waals surface area contributed by atoms with E-state index in [1.54, 1.807) is 0 Å². The molecule has 3 nitrogen and oxygen atoms in total. The van der Waals surface area contributed by atoms with Crippen molar-refractivity contribution in [3.05, 3.63) is 0 Å². The van der Waals surface area contributed by atoms with Crippen molar-refractivity contribution in [2.45, 2.75) is 32.4 Å². The number of ether oxygens (including phenoxy) is 2. The van der Waals surface area contributed by atoms with Crippen LogP contribution in [0.15, 0.2) is 0 Å². The van der Waals surface area contributed by atoms with E-state index in [0.29, 0.717) is 0 Å². The summed E-state index contributed by atoms with van der Waals surface area (Å²) in [6.07, 6.45) is 0.234. The van der Waals surface area contributed by atoms with Gasteiger partial charge in [0.25, 0.3) is 0 Å². The molecule has 0 spiro atoms. The summed E-state index contributed by atoms with van der Waals surface area (Å²) in [4.78, 5) is 0. The Hall–Kier alpha value is -0.120. The smallest absolute Gasteiger partial charge is 0.0933 e. The summed E-state index contributed by atoms with van der Waals surface area (Å²) in [6.45, 7) is 9.53. The molecule has 0 aromatic heterocycles. The second-order valence-corrected chi connectivity index (χ2v) is 4.20. The van der Waals surface area contributed by atoms with E-state index in [9.17, 15) is 0 Å². The fourth-order valence-electron chi connectivity index (χ4n) is 1.07. The molecule has 1 saturated heterocycles. The Morgan fingerprint density at radius 1 is 1.33 bits per heavy atom. The van der Waals surface area contributed by atoms with Gasteiger partial charge in [0.15, 0.2) is 0 Å². The maximum Gasteiger partial charge on any atom is 0.0933 e. The minimum absolute atomic E-state index is 0.167. The molecule has 0 saturated carbocycles. The molecule has 72 valence electrons. The molecule has 3 heteroatoms. The SMILES string of the molecule is CC(C)(C)NC[C@@H]1COCCO1. The number of nitrogens with one attached hydrogen (secondary N) is 1. The monoisotopic (exact) mass is 173 g/mol. The zero-order valence-electron chi connectivity index (χ0n) is 8.22. The van der Waals surface area contributed by atoms with Crippen LogP contribution in [0.4, 0.5) is 0 Å². The van der Waals surface area contributed by atoms with Crippen molar-refractivity contribution >= 4 is 0 Å². The number of rotatable bonds is 2. The second kappa shape index (κ2) is 4.21. The maximum atomic E-state index is 5.49. The van der Waals surface area contributed by atoms with Crippen LogP contribution >= 0.6 is 0 Å². The molecular weight excluding hydrogens is 154 g/mol. The third-order valence-corrected chi connectivity index (χ3v) is 1.75. The molecule has 1 rings (SSSR count).